The van der Waals surface area contributed by atoms with E-state index in [9.17, 15) is 9.90 Å². The molecule has 2 aromatic heterocycles. The Bertz CT molecular complexity index is 625. The van der Waals surface area contributed by atoms with Crippen LogP contribution in [0.2, 0.25) is 0 Å². The van der Waals surface area contributed by atoms with Crippen LogP contribution in [-0.2, 0) is 12.6 Å². The highest BCUT2D eigenvalue weighted by Gasteiger charge is 2.36. The number of imidazole rings is 1. The van der Waals surface area contributed by atoms with Crippen molar-refractivity contribution in [1.82, 2.24) is 19.4 Å². The number of likely N-dealkylation sites (tertiary alicyclic amines) is 1. The average Bonchev–Trinajstić information content (AvgIpc) is 3.09. The number of aliphatic hydroxyl groups is 1. The van der Waals surface area contributed by atoms with E-state index in [1.807, 2.05) is 17.8 Å². The Hall–Kier alpha value is -1.73. The zero-order valence-electron chi connectivity index (χ0n) is 11.9. The van der Waals surface area contributed by atoms with Crippen LogP contribution in [0.25, 0.3) is 0 Å². The predicted octanol–water partition coefficient (Wildman–Crippen LogP) is 1.39. The quantitative estimate of drug-likeness (QED) is 0.910. The molecule has 1 saturated heterocycles. The first-order valence-corrected chi connectivity index (χ1v) is 7.86. The van der Waals surface area contributed by atoms with E-state index in [0.29, 0.717) is 36.6 Å². The van der Waals surface area contributed by atoms with Crippen molar-refractivity contribution in [2.24, 2.45) is 7.05 Å². The number of nitrogens with zero attached hydrogens (tertiary/aromatic N) is 4. The standard InChI is InChI=1S/C14H18N4O2S/c1-17-8-5-16-13(17)14(20)3-2-6-18(7-4-14)12(19)11-9-15-10-21-11/h5,8-10,20H,2-4,6-7H2,1H3/t14-/m0/s1. The van der Waals surface area contributed by atoms with Gasteiger partial charge in [-0.3, -0.25) is 9.78 Å². The van der Waals surface area contributed by atoms with E-state index in [1.54, 1.807) is 22.8 Å². The molecule has 0 spiro atoms. The van der Waals surface area contributed by atoms with Crippen molar-refractivity contribution in [3.8, 4) is 0 Å². The van der Waals surface area contributed by atoms with Crippen LogP contribution in [0.1, 0.15) is 34.8 Å². The van der Waals surface area contributed by atoms with E-state index in [4.69, 9.17) is 0 Å². The molecule has 1 atom stereocenters. The molecule has 21 heavy (non-hydrogen) atoms. The molecular formula is C14H18N4O2S. The third-order valence-electron chi connectivity index (χ3n) is 3.98. The second-order valence-corrected chi connectivity index (χ2v) is 6.29. The Morgan fingerprint density at radius 1 is 1.43 bits per heavy atom. The van der Waals surface area contributed by atoms with Crippen molar-refractivity contribution >= 4 is 17.2 Å². The average molecular weight is 306 g/mol. The third kappa shape index (κ3) is 2.71. The van der Waals surface area contributed by atoms with Crippen LogP contribution in [0.3, 0.4) is 0 Å². The number of carbonyl (C=O) groups is 1. The van der Waals surface area contributed by atoms with Crippen molar-refractivity contribution in [2.75, 3.05) is 13.1 Å². The Morgan fingerprint density at radius 2 is 2.29 bits per heavy atom. The highest BCUT2D eigenvalue weighted by Crippen LogP contribution is 2.32. The van der Waals surface area contributed by atoms with E-state index < -0.39 is 5.60 Å². The summed E-state index contributed by atoms with van der Waals surface area (Å²) in [5, 5.41) is 10.9. The SMILES string of the molecule is Cn1ccnc1[C@]1(O)CCCN(C(=O)c2cncs2)CC1. The monoisotopic (exact) mass is 306 g/mol. The van der Waals surface area contributed by atoms with Crippen molar-refractivity contribution in [3.05, 3.63) is 34.8 Å². The summed E-state index contributed by atoms with van der Waals surface area (Å²) in [7, 11) is 1.88. The van der Waals surface area contributed by atoms with Crippen LogP contribution in [0.15, 0.2) is 24.1 Å². The molecule has 3 heterocycles. The minimum absolute atomic E-state index is 0.00147. The van der Waals surface area contributed by atoms with Crippen molar-refractivity contribution < 1.29 is 9.90 Å². The van der Waals surface area contributed by atoms with Gasteiger partial charge in [0.05, 0.1) is 11.7 Å². The van der Waals surface area contributed by atoms with Crippen LogP contribution in [0.4, 0.5) is 0 Å². The maximum absolute atomic E-state index is 12.4. The molecule has 7 heteroatoms. The van der Waals surface area contributed by atoms with Gasteiger partial charge in [-0.05, 0) is 12.8 Å². The van der Waals surface area contributed by atoms with E-state index in [1.165, 1.54) is 11.3 Å². The highest BCUT2D eigenvalue weighted by atomic mass is 32.1. The molecule has 0 aromatic carbocycles. The Kier molecular flexibility index (Phi) is 3.77. The molecular weight excluding hydrogens is 288 g/mol. The number of aryl methyl sites for hydroxylation is 1. The Balaban J connectivity index is 1.75. The number of thiazole rings is 1. The molecule has 1 fully saturated rings. The molecule has 0 saturated carbocycles. The summed E-state index contributed by atoms with van der Waals surface area (Å²) in [5.41, 5.74) is 0.705. The second-order valence-electron chi connectivity index (χ2n) is 5.40. The first-order chi connectivity index (χ1) is 10.1. The lowest BCUT2D eigenvalue weighted by Gasteiger charge is -2.26. The second kappa shape index (κ2) is 5.57. The van der Waals surface area contributed by atoms with Gasteiger partial charge < -0.3 is 14.6 Å². The predicted molar refractivity (Wildman–Crippen MR) is 79.0 cm³/mol. The van der Waals surface area contributed by atoms with Gasteiger partial charge in [0, 0.05) is 39.0 Å². The van der Waals surface area contributed by atoms with Gasteiger partial charge >= 0.3 is 0 Å². The fourth-order valence-corrected chi connectivity index (χ4v) is 3.42. The normalized spacial score (nSPS) is 23.0. The van der Waals surface area contributed by atoms with Gasteiger partial charge in [-0.2, -0.15) is 0 Å². The molecule has 0 aliphatic carbocycles. The number of hydrogen-bond donors (Lipinski definition) is 1. The molecule has 3 rings (SSSR count). The van der Waals surface area contributed by atoms with Gasteiger partial charge in [-0.1, -0.05) is 0 Å². The molecule has 0 radical (unpaired) electrons. The smallest absolute Gasteiger partial charge is 0.265 e. The van der Waals surface area contributed by atoms with Crippen LogP contribution in [0, 0.1) is 0 Å². The lowest BCUT2D eigenvalue weighted by Crippen LogP contribution is -2.34. The van der Waals surface area contributed by atoms with Crippen LogP contribution < -0.4 is 0 Å². The Labute approximate surface area is 127 Å². The van der Waals surface area contributed by atoms with Gasteiger partial charge in [0.15, 0.2) is 0 Å². The molecule has 1 amide bonds. The molecule has 0 bridgehead atoms. The summed E-state index contributed by atoms with van der Waals surface area (Å²) in [6.45, 7) is 1.18. The largest absolute Gasteiger partial charge is 0.382 e. The van der Waals surface area contributed by atoms with Gasteiger partial charge in [-0.25, -0.2) is 4.98 Å². The summed E-state index contributed by atoms with van der Waals surface area (Å²) in [6, 6.07) is 0. The van der Waals surface area contributed by atoms with Crippen LogP contribution >= 0.6 is 11.3 Å². The van der Waals surface area contributed by atoms with E-state index in [-0.39, 0.29) is 5.91 Å². The lowest BCUT2D eigenvalue weighted by atomic mass is 9.94. The minimum Gasteiger partial charge on any atom is -0.382 e. The molecule has 2 aromatic rings. The highest BCUT2D eigenvalue weighted by molar-refractivity contribution is 7.11. The fourth-order valence-electron chi connectivity index (χ4n) is 2.84. The maximum Gasteiger partial charge on any atom is 0.265 e. The summed E-state index contributed by atoms with van der Waals surface area (Å²) < 4.78 is 1.85. The Morgan fingerprint density at radius 3 is 2.95 bits per heavy atom. The molecule has 6 nitrogen and oxygen atoms in total. The van der Waals surface area contributed by atoms with Crippen molar-refractivity contribution in [3.63, 3.8) is 0 Å². The number of hydrogen-bond acceptors (Lipinski definition) is 5. The van der Waals surface area contributed by atoms with Crippen LogP contribution in [0.5, 0.6) is 0 Å². The first-order valence-electron chi connectivity index (χ1n) is 6.98. The molecule has 112 valence electrons. The number of carbonyl (C=O) groups excluding carboxylic acids is 1. The molecule has 1 N–H and O–H groups in total. The number of aromatic nitrogens is 3. The van der Waals surface area contributed by atoms with Crippen molar-refractivity contribution in [2.45, 2.75) is 24.9 Å². The zero-order valence-corrected chi connectivity index (χ0v) is 12.7. The molecule has 1 aliphatic heterocycles. The van der Waals surface area contributed by atoms with Gasteiger partial charge in [-0.15, -0.1) is 11.3 Å². The van der Waals surface area contributed by atoms with E-state index in [2.05, 4.69) is 9.97 Å². The summed E-state index contributed by atoms with van der Waals surface area (Å²) in [4.78, 5) is 23.0. The zero-order chi connectivity index (χ0) is 14.9. The minimum atomic E-state index is -0.957. The number of amides is 1. The van der Waals surface area contributed by atoms with Gasteiger partial charge in [0.1, 0.15) is 16.3 Å². The van der Waals surface area contributed by atoms with Gasteiger partial charge in [0.25, 0.3) is 5.91 Å². The lowest BCUT2D eigenvalue weighted by molar-refractivity contribution is 0.0102. The maximum atomic E-state index is 12.4. The molecule has 0 unspecified atom stereocenters. The third-order valence-corrected chi connectivity index (χ3v) is 4.74. The summed E-state index contributed by atoms with van der Waals surface area (Å²) >= 11 is 1.35. The van der Waals surface area contributed by atoms with Crippen molar-refractivity contribution in [1.29, 1.82) is 0 Å². The van der Waals surface area contributed by atoms with E-state index >= 15 is 0 Å². The first kappa shape index (κ1) is 14.2. The molecule has 1 aliphatic rings. The van der Waals surface area contributed by atoms with Gasteiger partial charge in [0.2, 0.25) is 0 Å². The summed E-state index contributed by atoms with van der Waals surface area (Å²) in [6.07, 6.45) is 7.00. The topological polar surface area (TPSA) is 71.2 Å². The fraction of sp³-hybridized carbons (Fsp3) is 0.500. The van der Waals surface area contributed by atoms with Crippen LogP contribution in [-0.4, -0.2) is 43.5 Å². The van der Waals surface area contributed by atoms with E-state index in [0.717, 1.165) is 6.42 Å². The number of rotatable bonds is 2. The summed E-state index contributed by atoms with van der Waals surface area (Å²) in [5.74, 6) is 0.677.